The van der Waals surface area contributed by atoms with E-state index in [1.165, 1.54) is 12.1 Å². The van der Waals surface area contributed by atoms with Crippen molar-refractivity contribution >= 4 is 5.91 Å². The van der Waals surface area contributed by atoms with Gasteiger partial charge in [-0.2, -0.15) is 0 Å². The summed E-state index contributed by atoms with van der Waals surface area (Å²) in [5.74, 6) is -0.300. The lowest BCUT2D eigenvalue weighted by molar-refractivity contribution is -0.132. The van der Waals surface area contributed by atoms with Gasteiger partial charge in [0.1, 0.15) is 5.82 Å². The largest absolute Gasteiger partial charge is 0.355 e. The second kappa shape index (κ2) is 5.92. The van der Waals surface area contributed by atoms with Gasteiger partial charge in [-0.25, -0.2) is 4.39 Å². The number of nitrogens with two attached hydrogens (primary N) is 1. The molecular formula is C16H25FN2O. The number of hydrogen-bond donors (Lipinski definition) is 2. The van der Waals surface area contributed by atoms with Crippen LogP contribution >= 0.6 is 0 Å². The molecule has 1 aromatic carbocycles. The van der Waals surface area contributed by atoms with Crippen molar-refractivity contribution in [3.8, 4) is 0 Å². The highest BCUT2D eigenvalue weighted by Gasteiger charge is 2.40. The van der Waals surface area contributed by atoms with E-state index in [9.17, 15) is 9.18 Å². The molecule has 0 saturated heterocycles. The lowest BCUT2D eigenvalue weighted by atomic mass is 9.74. The Balaban J connectivity index is 2.59. The van der Waals surface area contributed by atoms with Gasteiger partial charge >= 0.3 is 0 Å². The van der Waals surface area contributed by atoms with Gasteiger partial charge in [0.05, 0.1) is 5.41 Å². The van der Waals surface area contributed by atoms with Gasteiger partial charge in [0.25, 0.3) is 0 Å². The van der Waals surface area contributed by atoms with Crippen LogP contribution in [0.15, 0.2) is 18.2 Å². The second-order valence-corrected chi connectivity index (χ2v) is 6.42. The highest BCUT2D eigenvalue weighted by molar-refractivity contribution is 5.83. The van der Waals surface area contributed by atoms with E-state index < -0.39 is 11.0 Å². The summed E-state index contributed by atoms with van der Waals surface area (Å²) < 4.78 is 13.0. The Hall–Kier alpha value is -1.42. The van der Waals surface area contributed by atoms with Crippen molar-refractivity contribution in [2.45, 2.75) is 46.6 Å². The van der Waals surface area contributed by atoms with Crippen LogP contribution in [0.1, 0.15) is 38.8 Å². The van der Waals surface area contributed by atoms with E-state index in [1.807, 2.05) is 34.6 Å². The number of amides is 1. The van der Waals surface area contributed by atoms with E-state index in [0.717, 1.165) is 11.1 Å². The normalized spacial score (nSPS) is 12.3. The molecule has 112 valence electrons. The number of nitrogens with one attached hydrogen (secondary N) is 1. The first kappa shape index (κ1) is 16.6. The number of carbonyl (C=O) groups excluding carboxylic acids is 1. The third kappa shape index (κ3) is 3.79. The van der Waals surface area contributed by atoms with E-state index in [4.69, 9.17) is 5.73 Å². The average molecular weight is 280 g/mol. The Morgan fingerprint density at radius 3 is 2.40 bits per heavy atom. The van der Waals surface area contributed by atoms with Crippen molar-refractivity contribution in [3.63, 3.8) is 0 Å². The van der Waals surface area contributed by atoms with Gasteiger partial charge in [-0.05, 0) is 64.3 Å². The maximum Gasteiger partial charge on any atom is 0.227 e. The summed E-state index contributed by atoms with van der Waals surface area (Å²) in [6, 6.07) is 4.70. The maximum atomic E-state index is 13.0. The summed E-state index contributed by atoms with van der Waals surface area (Å²) >= 11 is 0. The zero-order chi connectivity index (χ0) is 15.6. The Morgan fingerprint density at radius 1 is 1.30 bits per heavy atom. The molecule has 0 saturated carbocycles. The van der Waals surface area contributed by atoms with Gasteiger partial charge in [0, 0.05) is 12.1 Å². The first-order valence-corrected chi connectivity index (χ1v) is 6.88. The van der Waals surface area contributed by atoms with E-state index in [-0.39, 0.29) is 11.7 Å². The van der Waals surface area contributed by atoms with Crippen molar-refractivity contribution in [1.29, 1.82) is 0 Å². The summed E-state index contributed by atoms with van der Waals surface area (Å²) in [5, 5.41) is 2.91. The second-order valence-electron chi connectivity index (χ2n) is 6.42. The molecule has 0 spiro atoms. The van der Waals surface area contributed by atoms with Gasteiger partial charge < -0.3 is 11.1 Å². The molecule has 0 aliphatic heterocycles. The van der Waals surface area contributed by atoms with Crippen molar-refractivity contribution in [3.05, 3.63) is 35.1 Å². The van der Waals surface area contributed by atoms with Crippen LogP contribution < -0.4 is 11.1 Å². The van der Waals surface area contributed by atoms with Crippen molar-refractivity contribution in [2.24, 2.45) is 11.1 Å². The monoisotopic (exact) mass is 280 g/mol. The molecule has 0 aliphatic rings. The minimum absolute atomic E-state index is 0.0650. The SMILES string of the molecule is Cc1cc(F)ccc1CCNC(=O)C(C)(C)C(C)(C)N. The van der Waals surface area contributed by atoms with E-state index >= 15 is 0 Å². The number of benzene rings is 1. The van der Waals surface area contributed by atoms with Gasteiger partial charge in [-0.1, -0.05) is 6.07 Å². The lowest BCUT2D eigenvalue weighted by Crippen LogP contribution is -2.55. The molecule has 0 aromatic heterocycles. The standard InChI is InChI=1S/C16H25FN2O/c1-11-10-13(17)7-6-12(11)8-9-19-14(20)15(2,3)16(4,5)18/h6-7,10H,8-9,18H2,1-5H3,(H,19,20). The molecular weight excluding hydrogens is 255 g/mol. The van der Waals surface area contributed by atoms with Gasteiger partial charge in [-0.3, -0.25) is 4.79 Å². The third-order valence-corrected chi connectivity index (χ3v) is 4.16. The third-order valence-electron chi connectivity index (χ3n) is 4.16. The zero-order valence-electron chi connectivity index (χ0n) is 13.0. The Kier molecular flexibility index (Phi) is 4.92. The molecule has 3 nitrogen and oxygen atoms in total. The molecule has 0 unspecified atom stereocenters. The van der Waals surface area contributed by atoms with Crippen LogP contribution in [0.3, 0.4) is 0 Å². The van der Waals surface area contributed by atoms with Crippen LogP contribution in [0.5, 0.6) is 0 Å². The van der Waals surface area contributed by atoms with E-state index in [0.29, 0.717) is 13.0 Å². The number of rotatable bonds is 5. The number of carbonyl (C=O) groups is 1. The van der Waals surface area contributed by atoms with Crippen molar-refractivity contribution < 1.29 is 9.18 Å². The smallest absolute Gasteiger partial charge is 0.227 e. The first-order valence-electron chi connectivity index (χ1n) is 6.88. The quantitative estimate of drug-likeness (QED) is 0.871. The van der Waals surface area contributed by atoms with Gasteiger partial charge in [-0.15, -0.1) is 0 Å². The maximum absolute atomic E-state index is 13.0. The zero-order valence-corrected chi connectivity index (χ0v) is 13.0. The molecule has 20 heavy (non-hydrogen) atoms. The fourth-order valence-corrected chi connectivity index (χ4v) is 1.76. The number of halogens is 1. The fourth-order valence-electron chi connectivity index (χ4n) is 1.76. The summed E-state index contributed by atoms with van der Waals surface area (Å²) in [6.45, 7) is 9.75. The molecule has 1 aromatic rings. The molecule has 0 radical (unpaired) electrons. The first-order chi connectivity index (χ1) is 9.05. The predicted molar refractivity (Wildman–Crippen MR) is 79.9 cm³/mol. The molecule has 4 heteroatoms. The van der Waals surface area contributed by atoms with Crippen LogP contribution in [-0.2, 0) is 11.2 Å². The molecule has 1 rings (SSSR count). The molecule has 0 fully saturated rings. The van der Waals surface area contributed by atoms with E-state index in [2.05, 4.69) is 5.32 Å². The molecule has 0 heterocycles. The van der Waals surface area contributed by atoms with Crippen LogP contribution in [-0.4, -0.2) is 18.0 Å². The summed E-state index contributed by atoms with van der Waals surface area (Å²) in [4.78, 5) is 12.2. The number of aryl methyl sites for hydroxylation is 1. The molecule has 0 aliphatic carbocycles. The van der Waals surface area contributed by atoms with Crippen LogP contribution in [0.4, 0.5) is 4.39 Å². The number of hydrogen-bond acceptors (Lipinski definition) is 2. The van der Waals surface area contributed by atoms with Crippen LogP contribution in [0.2, 0.25) is 0 Å². The summed E-state index contributed by atoms with van der Waals surface area (Å²) in [5.41, 5.74) is 6.73. The lowest BCUT2D eigenvalue weighted by Gasteiger charge is -2.36. The average Bonchev–Trinajstić information content (AvgIpc) is 2.30. The van der Waals surface area contributed by atoms with Gasteiger partial charge in [0.15, 0.2) is 0 Å². The summed E-state index contributed by atoms with van der Waals surface area (Å²) in [6.07, 6.45) is 0.679. The minimum atomic E-state index is -0.648. The van der Waals surface area contributed by atoms with Crippen molar-refractivity contribution in [2.75, 3.05) is 6.54 Å². The summed E-state index contributed by atoms with van der Waals surface area (Å²) in [7, 11) is 0. The molecule has 3 N–H and O–H groups in total. The molecule has 0 bridgehead atoms. The fraction of sp³-hybridized carbons (Fsp3) is 0.562. The Labute approximate surface area is 120 Å². The van der Waals surface area contributed by atoms with E-state index in [1.54, 1.807) is 6.07 Å². The molecule has 0 atom stereocenters. The van der Waals surface area contributed by atoms with Gasteiger partial charge in [0.2, 0.25) is 5.91 Å². The van der Waals surface area contributed by atoms with Crippen molar-refractivity contribution in [1.82, 2.24) is 5.32 Å². The molecule has 1 amide bonds. The Bertz CT molecular complexity index is 490. The highest BCUT2D eigenvalue weighted by atomic mass is 19.1. The highest BCUT2D eigenvalue weighted by Crippen LogP contribution is 2.28. The van der Waals surface area contributed by atoms with Crippen LogP contribution in [0.25, 0.3) is 0 Å². The topological polar surface area (TPSA) is 55.1 Å². The minimum Gasteiger partial charge on any atom is -0.355 e. The predicted octanol–water partition coefficient (Wildman–Crippen LogP) is 2.56. The Morgan fingerprint density at radius 2 is 1.90 bits per heavy atom. The van der Waals surface area contributed by atoms with Crippen LogP contribution in [0, 0.1) is 18.2 Å².